The molecule has 0 aliphatic rings. The van der Waals surface area contributed by atoms with E-state index in [0.717, 1.165) is 0 Å². The highest BCUT2D eigenvalue weighted by Crippen LogP contribution is 2.35. The predicted molar refractivity (Wildman–Crippen MR) is 57.2 cm³/mol. The monoisotopic (exact) mass is 267 g/mol. The van der Waals surface area contributed by atoms with Crippen LogP contribution in [0, 0.1) is 0 Å². The summed E-state index contributed by atoms with van der Waals surface area (Å²) in [5, 5.41) is 21.8. The number of azide groups is 1. The van der Waals surface area contributed by atoms with Crippen molar-refractivity contribution >= 4 is 13.4 Å². The van der Waals surface area contributed by atoms with Gasteiger partial charge in [0.1, 0.15) is 6.10 Å². The molecule has 0 aromatic carbocycles. The zero-order valence-corrected chi connectivity index (χ0v) is 9.93. The topological polar surface area (TPSA) is 164 Å². The maximum absolute atomic E-state index is 11.3. The lowest BCUT2D eigenvalue weighted by molar-refractivity contribution is -0.133. The quantitative estimate of drug-likeness (QED) is 0.211. The third-order valence-corrected chi connectivity index (χ3v) is 2.84. The van der Waals surface area contributed by atoms with Gasteiger partial charge < -0.3 is 20.0 Å². The maximum atomic E-state index is 11.3. The SMILES string of the molecule is C[C@@H](N=[N+]=[N-])[C@@H](O)[C@H](O)C(=O)CCP(=O)(O)O. The smallest absolute Gasteiger partial charge is 0.326 e. The average molecular weight is 267 g/mol. The number of aliphatic hydroxyl groups excluding tert-OH is 2. The van der Waals surface area contributed by atoms with Crippen molar-refractivity contribution in [1.29, 1.82) is 0 Å². The fourth-order valence-electron chi connectivity index (χ4n) is 1.01. The van der Waals surface area contributed by atoms with Crippen LogP contribution in [0.3, 0.4) is 0 Å². The van der Waals surface area contributed by atoms with Gasteiger partial charge in [0.25, 0.3) is 0 Å². The van der Waals surface area contributed by atoms with E-state index in [0.29, 0.717) is 0 Å². The first-order chi connectivity index (χ1) is 7.69. The van der Waals surface area contributed by atoms with E-state index >= 15 is 0 Å². The third-order valence-electron chi connectivity index (χ3n) is 2.03. The second-order valence-electron chi connectivity index (χ2n) is 3.49. The molecule has 98 valence electrons. The van der Waals surface area contributed by atoms with Gasteiger partial charge >= 0.3 is 7.60 Å². The summed E-state index contributed by atoms with van der Waals surface area (Å²) in [6, 6.07) is -1.02. The van der Waals surface area contributed by atoms with Crippen LogP contribution in [-0.4, -0.2) is 50.2 Å². The van der Waals surface area contributed by atoms with Gasteiger partial charge in [0.05, 0.1) is 18.3 Å². The minimum absolute atomic E-state index is 0.564. The van der Waals surface area contributed by atoms with Crippen molar-refractivity contribution in [1.82, 2.24) is 0 Å². The molecule has 4 N–H and O–H groups in total. The van der Waals surface area contributed by atoms with Crippen LogP contribution >= 0.6 is 7.60 Å². The highest BCUT2D eigenvalue weighted by atomic mass is 31.2. The highest BCUT2D eigenvalue weighted by Gasteiger charge is 2.29. The van der Waals surface area contributed by atoms with Gasteiger partial charge in [0, 0.05) is 11.3 Å². The van der Waals surface area contributed by atoms with E-state index in [9.17, 15) is 19.6 Å². The third kappa shape index (κ3) is 6.38. The number of Topliss-reactive ketones (excluding diaryl/α,β-unsaturated/α-hetero) is 1. The van der Waals surface area contributed by atoms with Crippen molar-refractivity contribution in [3.8, 4) is 0 Å². The van der Waals surface area contributed by atoms with Crippen LogP contribution in [-0.2, 0) is 9.36 Å². The Morgan fingerprint density at radius 2 is 2.00 bits per heavy atom. The molecule has 0 heterocycles. The molecule has 0 saturated heterocycles. The van der Waals surface area contributed by atoms with Crippen LogP contribution in [0.2, 0.25) is 0 Å². The fraction of sp³-hybridized carbons (Fsp3) is 0.857. The lowest BCUT2D eigenvalue weighted by Crippen LogP contribution is -2.40. The molecule has 9 nitrogen and oxygen atoms in total. The standard InChI is InChI=1S/C7H14N3O6P/c1-4(9-10-8)6(12)7(13)5(11)2-3-17(14,15)16/h4,6-7,12-13H,2-3H2,1H3,(H2,14,15,16)/t4-,6-,7-/m1/s1. The Kier molecular flexibility index (Phi) is 6.33. The lowest BCUT2D eigenvalue weighted by Gasteiger charge is -2.19. The summed E-state index contributed by atoms with van der Waals surface area (Å²) in [6.45, 7) is 1.30. The molecule has 3 atom stereocenters. The Morgan fingerprint density at radius 1 is 1.47 bits per heavy atom. The molecule has 0 rings (SSSR count). The molecule has 0 aliphatic carbocycles. The summed E-state index contributed by atoms with van der Waals surface area (Å²) in [4.78, 5) is 30.7. The first kappa shape index (κ1) is 16.1. The van der Waals surface area contributed by atoms with Crippen LogP contribution in [0.15, 0.2) is 5.11 Å². The van der Waals surface area contributed by atoms with Gasteiger partial charge in [-0.05, 0) is 5.53 Å². The van der Waals surface area contributed by atoms with E-state index in [-0.39, 0.29) is 0 Å². The molecular weight excluding hydrogens is 253 g/mol. The minimum Gasteiger partial charge on any atom is -0.390 e. The molecule has 0 saturated carbocycles. The van der Waals surface area contributed by atoms with Gasteiger partial charge in [-0.15, -0.1) is 0 Å². The number of ketones is 1. The molecule has 0 radical (unpaired) electrons. The van der Waals surface area contributed by atoms with Gasteiger partial charge in [-0.2, -0.15) is 0 Å². The molecule has 0 aromatic rings. The number of carbonyl (C=O) groups excluding carboxylic acids is 1. The molecule has 0 fully saturated rings. The van der Waals surface area contributed by atoms with Gasteiger partial charge in [0.15, 0.2) is 5.78 Å². The summed E-state index contributed by atoms with van der Waals surface area (Å²) in [5.74, 6) is -0.916. The van der Waals surface area contributed by atoms with Crippen molar-refractivity contribution in [2.75, 3.05) is 6.16 Å². The summed E-state index contributed by atoms with van der Waals surface area (Å²) < 4.78 is 10.5. The fourth-order valence-corrected chi connectivity index (χ4v) is 1.52. The summed E-state index contributed by atoms with van der Waals surface area (Å²) in [7, 11) is -4.32. The van der Waals surface area contributed by atoms with E-state index < -0.39 is 44.2 Å². The zero-order valence-electron chi connectivity index (χ0n) is 9.04. The Morgan fingerprint density at radius 3 is 2.41 bits per heavy atom. The minimum atomic E-state index is -4.32. The number of hydrogen-bond donors (Lipinski definition) is 4. The van der Waals surface area contributed by atoms with Gasteiger partial charge in [-0.25, -0.2) is 0 Å². The van der Waals surface area contributed by atoms with Crippen molar-refractivity contribution in [3.63, 3.8) is 0 Å². The summed E-state index contributed by atoms with van der Waals surface area (Å²) in [5.41, 5.74) is 8.09. The molecule has 0 aromatic heterocycles. The Hall–Kier alpha value is -0.950. The number of carbonyl (C=O) groups is 1. The van der Waals surface area contributed by atoms with E-state index in [1.54, 1.807) is 0 Å². The molecule has 0 bridgehead atoms. The second-order valence-corrected chi connectivity index (χ2v) is 5.26. The van der Waals surface area contributed by atoms with Crippen molar-refractivity contribution in [2.45, 2.75) is 31.6 Å². The molecular formula is C7H14N3O6P. The maximum Gasteiger partial charge on any atom is 0.326 e. The highest BCUT2D eigenvalue weighted by molar-refractivity contribution is 7.51. The van der Waals surface area contributed by atoms with Crippen LogP contribution in [0.4, 0.5) is 0 Å². The van der Waals surface area contributed by atoms with Gasteiger partial charge in [-0.1, -0.05) is 12.0 Å². The van der Waals surface area contributed by atoms with Crippen molar-refractivity contribution in [3.05, 3.63) is 10.4 Å². The largest absolute Gasteiger partial charge is 0.390 e. The Balaban J connectivity index is 4.39. The van der Waals surface area contributed by atoms with Crippen molar-refractivity contribution in [2.24, 2.45) is 5.11 Å². The van der Waals surface area contributed by atoms with Crippen LogP contribution in [0.25, 0.3) is 10.4 Å². The summed E-state index contributed by atoms with van der Waals surface area (Å²) >= 11 is 0. The first-order valence-electron chi connectivity index (χ1n) is 4.66. The second kappa shape index (κ2) is 6.70. The van der Waals surface area contributed by atoms with E-state index in [2.05, 4.69) is 10.0 Å². The Labute approximate surface area is 96.9 Å². The molecule has 0 spiro atoms. The van der Waals surface area contributed by atoms with Crippen LogP contribution in [0.5, 0.6) is 0 Å². The molecule has 0 amide bonds. The lowest BCUT2D eigenvalue weighted by atomic mass is 10.0. The zero-order chi connectivity index (χ0) is 13.6. The molecule has 17 heavy (non-hydrogen) atoms. The first-order valence-corrected chi connectivity index (χ1v) is 6.46. The number of nitrogens with zero attached hydrogens (tertiary/aromatic N) is 3. The van der Waals surface area contributed by atoms with Crippen molar-refractivity contribution < 1.29 is 29.4 Å². The predicted octanol–water partition coefficient (Wildman–Crippen LogP) is -0.456. The van der Waals surface area contributed by atoms with Gasteiger partial charge in [0.2, 0.25) is 0 Å². The average Bonchev–Trinajstić information content (AvgIpc) is 2.23. The number of rotatable bonds is 7. The molecule has 0 unspecified atom stereocenters. The Bertz CT molecular complexity index is 363. The van der Waals surface area contributed by atoms with E-state index in [4.69, 9.17) is 15.3 Å². The number of hydrogen-bond acceptors (Lipinski definition) is 5. The molecule has 10 heteroatoms. The van der Waals surface area contributed by atoms with Crippen LogP contribution < -0.4 is 0 Å². The number of aliphatic hydroxyl groups is 2. The normalized spacial score (nSPS) is 16.8. The van der Waals surface area contributed by atoms with Crippen LogP contribution in [0.1, 0.15) is 13.3 Å². The molecule has 0 aliphatic heterocycles. The summed E-state index contributed by atoms with van der Waals surface area (Å²) in [6.07, 6.45) is -4.70. The van der Waals surface area contributed by atoms with E-state index in [1.165, 1.54) is 6.92 Å². The van der Waals surface area contributed by atoms with Gasteiger partial charge in [-0.3, -0.25) is 9.36 Å². The van der Waals surface area contributed by atoms with E-state index in [1.807, 2.05) is 0 Å².